The van der Waals surface area contributed by atoms with E-state index in [-0.39, 0.29) is 24.1 Å². The van der Waals surface area contributed by atoms with Crippen LogP contribution in [-0.4, -0.2) is 23.3 Å². The maximum atomic E-state index is 11.8. The van der Waals surface area contributed by atoms with Gasteiger partial charge in [-0.25, -0.2) is 0 Å². The average Bonchev–Trinajstić information content (AvgIpc) is 2.79. The number of carbonyl (C=O) groups is 1. The Morgan fingerprint density at radius 2 is 1.88 bits per heavy atom. The van der Waals surface area contributed by atoms with E-state index >= 15 is 0 Å². The van der Waals surface area contributed by atoms with Crippen molar-refractivity contribution in [3.05, 3.63) is 0 Å². The normalized spacial score (nSPS) is 60.0. The zero-order valence-corrected chi connectivity index (χ0v) is 10.2. The summed E-state index contributed by atoms with van der Waals surface area (Å²) in [5.41, 5.74) is 0. The summed E-state index contributed by atoms with van der Waals surface area (Å²) in [6.45, 7) is 2.35. The van der Waals surface area contributed by atoms with Gasteiger partial charge in [0.1, 0.15) is 6.10 Å². The van der Waals surface area contributed by atoms with E-state index < -0.39 is 0 Å². The highest BCUT2D eigenvalue weighted by Gasteiger charge is 2.64. The molecule has 1 saturated heterocycles. The number of ether oxygens (including phenoxy) is 1. The van der Waals surface area contributed by atoms with Crippen molar-refractivity contribution in [1.82, 2.24) is 0 Å². The molecule has 8 atom stereocenters. The van der Waals surface area contributed by atoms with E-state index in [1.54, 1.807) is 0 Å². The summed E-state index contributed by atoms with van der Waals surface area (Å²) in [5.74, 6) is 2.86. The minimum Gasteiger partial charge on any atom is -0.459 e. The van der Waals surface area contributed by atoms with Crippen molar-refractivity contribution < 1.29 is 14.6 Å². The van der Waals surface area contributed by atoms with Gasteiger partial charge in [-0.3, -0.25) is 4.79 Å². The predicted octanol–water partition coefficient (Wildman–Crippen LogP) is 1.59. The van der Waals surface area contributed by atoms with Gasteiger partial charge in [0, 0.05) is 5.92 Å². The van der Waals surface area contributed by atoms with Crippen molar-refractivity contribution >= 4 is 5.97 Å². The molecule has 1 N–H and O–H groups in total. The van der Waals surface area contributed by atoms with Crippen LogP contribution in [0.2, 0.25) is 0 Å². The van der Waals surface area contributed by atoms with Crippen LogP contribution in [-0.2, 0) is 9.53 Å². The maximum absolute atomic E-state index is 11.8. The third-order valence-corrected chi connectivity index (χ3v) is 6.10. The fourth-order valence-corrected chi connectivity index (χ4v) is 5.40. The molecule has 3 nitrogen and oxygen atoms in total. The van der Waals surface area contributed by atoms with Crippen LogP contribution in [0.1, 0.15) is 32.6 Å². The molecule has 4 aliphatic rings. The number of hydrogen-bond acceptors (Lipinski definition) is 3. The lowest BCUT2D eigenvalue weighted by atomic mass is 9.58. The zero-order valence-electron chi connectivity index (χ0n) is 10.2. The quantitative estimate of drug-likeness (QED) is 0.650. The van der Waals surface area contributed by atoms with Crippen molar-refractivity contribution in [1.29, 1.82) is 0 Å². The minimum atomic E-state index is -0.382. The standard InChI is InChI=1S/C14H20O3/c1-6-2-3-8-10-7(6)4-5-9-11(10)13(12(8)15)17-14(9)16/h6-13,15H,2-5H2,1H3/t6-,7-,8+,9-,10-,11-,12+,13-/m0/s1. The highest BCUT2D eigenvalue weighted by atomic mass is 16.6. The third-order valence-electron chi connectivity index (χ3n) is 6.10. The molecule has 4 fully saturated rings. The van der Waals surface area contributed by atoms with Crippen molar-refractivity contribution in [2.45, 2.75) is 44.8 Å². The molecule has 17 heavy (non-hydrogen) atoms. The molecule has 0 aromatic rings. The van der Waals surface area contributed by atoms with Gasteiger partial charge >= 0.3 is 5.97 Å². The van der Waals surface area contributed by atoms with Crippen LogP contribution >= 0.6 is 0 Å². The van der Waals surface area contributed by atoms with Crippen molar-refractivity contribution in [2.24, 2.45) is 35.5 Å². The monoisotopic (exact) mass is 236 g/mol. The van der Waals surface area contributed by atoms with E-state index in [9.17, 15) is 9.90 Å². The highest BCUT2D eigenvalue weighted by molar-refractivity contribution is 5.76. The largest absolute Gasteiger partial charge is 0.459 e. The first kappa shape index (κ1) is 10.4. The zero-order chi connectivity index (χ0) is 11.7. The van der Waals surface area contributed by atoms with Crippen LogP contribution in [0, 0.1) is 35.5 Å². The van der Waals surface area contributed by atoms with Crippen LogP contribution in [0.15, 0.2) is 0 Å². The Labute approximate surface area is 102 Å². The van der Waals surface area contributed by atoms with E-state index in [2.05, 4.69) is 6.92 Å². The Morgan fingerprint density at radius 3 is 2.71 bits per heavy atom. The fraction of sp³-hybridized carbons (Fsp3) is 0.929. The van der Waals surface area contributed by atoms with Crippen molar-refractivity contribution in [2.75, 3.05) is 0 Å². The summed E-state index contributed by atoms with van der Waals surface area (Å²) >= 11 is 0. The average molecular weight is 236 g/mol. The Balaban J connectivity index is 1.76. The number of hydrogen-bond donors (Lipinski definition) is 1. The lowest BCUT2D eigenvalue weighted by Crippen LogP contribution is -2.42. The van der Waals surface area contributed by atoms with Crippen molar-refractivity contribution in [3.8, 4) is 0 Å². The third kappa shape index (κ3) is 1.14. The highest BCUT2D eigenvalue weighted by Crippen LogP contribution is 2.61. The van der Waals surface area contributed by atoms with Gasteiger partial charge in [-0.15, -0.1) is 0 Å². The number of aliphatic hydroxyl groups is 1. The molecule has 4 rings (SSSR count). The van der Waals surface area contributed by atoms with Gasteiger partial charge in [0.25, 0.3) is 0 Å². The molecule has 0 spiro atoms. The second kappa shape index (κ2) is 3.25. The van der Waals surface area contributed by atoms with E-state index in [0.717, 1.165) is 31.1 Å². The maximum Gasteiger partial charge on any atom is 0.309 e. The molecule has 0 radical (unpaired) electrons. The van der Waals surface area contributed by atoms with Crippen LogP contribution in [0.5, 0.6) is 0 Å². The first-order chi connectivity index (χ1) is 8.18. The molecule has 0 unspecified atom stereocenters. The van der Waals surface area contributed by atoms with Crippen molar-refractivity contribution in [3.63, 3.8) is 0 Å². The second-order valence-corrected chi connectivity index (χ2v) is 6.61. The van der Waals surface area contributed by atoms with Gasteiger partial charge < -0.3 is 9.84 Å². The molecule has 3 saturated carbocycles. The van der Waals surface area contributed by atoms with Gasteiger partial charge in [0.05, 0.1) is 12.0 Å². The predicted molar refractivity (Wildman–Crippen MR) is 61.0 cm³/mol. The van der Waals surface area contributed by atoms with Crippen LogP contribution < -0.4 is 0 Å². The van der Waals surface area contributed by atoms with E-state index in [0.29, 0.717) is 17.8 Å². The van der Waals surface area contributed by atoms with Crippen LogP contribution in [0.25, 0.3) is 0 Å². The van der Waals surface area contributed by atoms with Crippen LogP contribution in [0.4, 0.5) is 0 Å². The Hall–Kier alpha value is -0.570. The Morgan fingerprint density at radius 1 is 1.12 bits per heavy atom. The Kier molecular flexibility index (Phi) is 1.98. The summed E-state index contributed by atoms with van der Waals surface area (Å²) < 4.78 is 5.47. The second-order valence-electron chi connectivity index (χ2n) is 6.61. The van der Waals surface area contributed by atoms with Gasteiger partial charge in [0.2, 0.25) is 0 Å². The number of rotatable bonds is 0. The summed E-state index contributed by atoms with van der Waals surface area (Å²) in [4.78, 5) is 11.8. The SMILES string of the molecule is C[C@H]1CC[C@H]2[C@@H](O)[C@H]3OC(=O)[C@H]4CC[C@@H]1[C@@H]2[C@@H]34. The molecular weight excluding hydrogens is 216 g/mol. The topological polar surface area (TPSA) is 46.5 Å². The summed E-state index contributed by atoms with van der Waals surface area (Å²) in [6, 6.07) is 0. The molecule has 3 heteroatoms. The first-order valence-electron chi connectivity index (χ1n) is 7.07. The molecular formula is C14H20O3. The molecule has 0 bridgehead atoms. The van der Waals surface area contributed by atoms with E-state index in [1.165, 1.54) is 6.42 Å². The number of esters is 1. The van der Waals surface area contributed by atoms with E-state index in [1.807, 2.05) is 0 Å². The molecule has 0 aromatic carbocycles. The first-order valence-corrected chi connectivity index (χ1v) is 7.07. The Bertz CT molecular complexity index is 364. The molecule has 3 aliphatic carbocycles. The lowest BCUT2D eigenvalue weighted by Gasteiger charge is -2.45. The van der Waals surface area contributed by atoms with E-state index in [4.69, 9.17) is 4.74 Å². The fourth-order valence-electron chi connectivity index (χ4n) is 5.40. The molecule has 1 heterocycles. The minimum absolute atomic E-state index is 0.0332. The van der Waals surface area contributed by atoms with Gasteiger partial charge in [-0.2, -0.15) is 0 Å². The molecule has 0 aromatic heterocycles. The number of carbonyl (C=O) groups excluding carboxylic acids is 1. The molecule has 0 amide bonds. The van der Waals surface area contributed by atoms with Gasteiger partial charge in [-0.1, -0.05) is 13.3 Å². The summed E-state index contributed by atoms with van der Waals surface area (Å²) in [5, 5.41) is 10.4. The number of aliphatic hydroxyl groups excluding tert-OH is 1. The van der Waals surface area contributed by atoms with Crippen LogP contribution in [0.3, 0.4) is 0 Å². The molecule has 1 aliphatic heterocycles. The summed E-state index contributed by atoms with van der Waals surface area (Å²) in [6.07, 6.45) is 3.97. The lowest BCUT2D eigenvalue weighted by molar-refractivity contribution is -0.150. The van der Waals surface area contributed by atoms with Gasteiger partial charge in [0.15, 0.2) is 0 Å². The van der Waals surface area contributed by atoms with Gasteiger partial charge in [-0.05, 0) is 42.9 Å². The smallest absolute Gasteiger partial charge is 0.309 e. The molecule has 94 valence electrons. The summed E-state index contributed by atoms with van der Waals surface area (Å²) in [7, 11) is 0.